The Bertz CT molecular complexity index is 460. The summed E-state index contributed by atoms with van der Waals surface area (Å²) in [7, 11) is 0. The molecule has 1 aromatic carbocycles. The predicted octanol–water partition coefficient (Wildman–Crippen LogP) is 2.20. The van der Waals surface area contributed by atoms with Crippen LogP contribution in [0.3, 0.4) is 0 Å². The molecule has 0 aliphatic carbocycles. The molecular weight excluding hydrogens is 250 g/mol. The molecule has 1 amide bonds. The number of nitrogens with two attached hydrogens (primary N) is 1. The van der Waals surface area contributed by atoms with Crippen LogP contribution in [0.2, 0.25) is 0 Å². The molecule has 0 unspecified atom stereocenters. The number of nitrogens with zero attached hydrogens (tertiary/aromatic N) is 2. The molecule has 0 radical (unpaired) electrons. The number of hydrogen-bond donors (Lipinski definition) is 1. The van der Waals surface area contributed by atoms with Gasteiger partial charge in [-0.2, -0.15) is 5.26 Å². The van der Waals surface area contributed by atoms with Crippen molar-refractivity contribution >= 4 is 5.91 Å². The number of rotatable bonds is 7. The molecule has 0 aliphatic heterocycles. The van der Waals surface area contributed by atoms with Crippen LogP contribution in [0.5, 0.6) is 0 Å². The summed E-state index contributed by atoms with van der Waals surface area (Å²) in [5.41, 5.74) is 7.32. The van der Waals surface area contributed by atoms with E-state index in [2.05, 4.69) is 19.9 Å². The van der Waals surface area contributed by atoms with E-state index in [1.807, 2.05) is 24.3 Å². The molecule has 0 saturated carbocycles. The van der Waals surface area contributed by atoms with Crippen LogP contribution in [0.1, 0.15) is 36.2 Å². The largest absolute Gasteiger partial charge is 0.337 e. The molecule has 20 heavy (non-hydrogen) atoms. The van der Waals surface area contributed by atoms with Crippen molar-refractivity contribution in [2.75, 3.05) is 19.6 Å². The van der Waals surface area contributed by atoms with Gasteiger partial charge in [0.1, 0.15) is 0 Å². The third-order valence-electron chi connectivity index (χ3n) is 3.00. The maximum atomic E-state index is 12.4. The van der Waals surface area contributed by atoms with Crippen LogP contribution < -0.4 is 5.73 Å². The molecule has 1 aromatic rings. The minimum Gasteiger partial charge on any atom is -0.337 e. The zero-order chi connectivity index (χ0) is 15.0. The van der Waals surface area contributed by atoms with E-state index in [4.69, 9.17) is 11.0 Å². The molecule has 2 N–H and O–H groups in total. The van der Waals surface area contributed by atoms with Gasteiger partial charge in [-0.25, -0.2) is 0 Å². The van der Waals surface area contributed by atoms with Gasteiger partial charge in [0.05, 0.1) is 12.5 Å². The van der Waals surface area contributed by atoms with Crippen LogP contribution in [0.15, 0.2) is 24.3 Å². The van der Waals surface area contributed by atoms with Crippen molar-refractivity contribution in [2.45, 2.75) is 26.7 Å². The first-order valence-corrected chi connectivity index (χ1v) is 7.03. The topological polar surface area (TPSA) is 70.1 Å². The minimum atomic E-state index is -0.00625. The maximum Gasteiger partial charge on any atom is 0.253 e. The standard InChI is InChI=1S/C16H23N3O/c1-13(2)12-19(11-3-9-17)16(20)15-6-4-14(5-7-15)8-10-18/h4-7,13H,3,8,10-12,18H2,1-2H3. The SMILES string of the molecule is CC(C)CN(CCC#N)C(=O)c1ccc(CCN)cc1. The van der Waals surface area contributed by atoms with Crippen LogP contribution in [0, 0.1) is 17.2 Å². The summed E-state index contributed by atoms with van der Waals surface area (Å²) in [6.45, 7) is 5.89. The molecule has 0 bridgehead atoms. The Balaban J connectivity index is 2.79. The van der Waals surface area contributed by atoms with E-state index in [1.165, 1.54) is 0 Å². The molecule has 0 aliphatic rings. The second kappa shape index (κ2) is 8.34. The van der Waals surface area contributed by atoms with Crippen molar-refractivity contribution in [2.24, 2.45) is 11.7 Å². The lowest BCUT2D eigenvalue weighted by atomic mass is 10.1. The molecule has 108 valence electrons. The summed E-state index contributed by atoms with van der Waals surface area (Å²) in [5.74, 6) is 0.377. The highest BCUT2D eigenvalue weighted by atomic mass is 16.2. The van der Waals surface area contributed by atoms with Crippen molar-refractivity contribution < 1.29 is 4.79 Å². The molecule has 0 heterocycles. The van der Waals surface area contributed by atoms with Crippen molar-refractivity contribution in [3.05, 3.63) is 35.4 Å². The highest BCUT2D eigenvalue weighted by Gasteiger charge is 2.16. The van der Waals surface area contributed by atoms with E-state index in [1.54, 1.807) is 4.90 Å². The fourth-order valence-electron chi connectivity index (χ4n) is 2.06. The van der Waals surface area contributed by atoms with Gasteiger partial charge in [-0.1, -0.05) is 26.0 Å². The monoisotopic (exact) mass is 273 g/mol. The van der Waals surface area contributed by atoms with E-state index >= 15 is 0 Å². The number of carbonyl (C=O) groups is 1. The number of hydrogen-bond acceptors (Lipinski definition) is 3. The van der Waals surface area contributed by atoms with Gasteiger partial charge >= 0.3 is 0 Å². The number of amides is 1. The van der Waals surface area contributed by atoms with Crippen molar-refractivity contribution in [3.8, 4) is 6.07 Å². The Kier molecular flexibility index (Phi) is 6.75. The first-order chi connectivity index (χ1) is 9.58. The molecule has 0 fully saturated rings. The van der Waals surface area contributed by atoms with Gasteiger partial charge in [-0.15, -0.1) is 0 Å². The van der Waals surface area contributed by atoms with Crippen molar-refractivity contribution in [3.63, 3.8) is 0 Å². The van der Waals surface area contributed by atoms with E-state index in [0.29, 0.717) is 37.5 Å². The van der Waals surface area contributed by atoms with Gasteiger partial charge in [0.25, 0.3) is 5.91 Å². The molecule has 0 aromatic heterocycles. The molecular formula is C16H23N3O. The van der Waals surface area contributed by atoms with Gasteiger partial charge in [0, 0.05) is 18.7 Å². The maximum absolute atomic E-state index is 12.4. The van der Waals surface area contributed by atoms with Gasteiger partial charge in [0.2, 0.25) is 0 Å². The van der Waals surface area contributed by atoms with Crippen LogP contribution >= 0.6 is 0 Å². The fraction of sp³-hybridized carbons (Fsp3) is 0.500. The normalized spacial score (nSPS) is 10.3. The van der Waals surface area contributed by atoms with Crippen LogP contribution in [0.25, 0.3) is 0 Å². The van der Waals surface area contributed by atoms with Gasteiger partial charge < -0.3 is 10.6 Å². The highest BCUT2D eigenvalue weighted by Crippen LogP contribution is 2.10. The molecule has 0 saturated heterocycles. The highest BCUT2D eigenvalue weighted by molar-refractivity contribution is 5.94. The summed E-state index contributed by atoms with van der Waals surface area (Å²) < 4.78 is 0. The predicted molar refractivity (Wildman–Crippen MR) is 80.2 cm³/mol. The quantitative estimate of drug-likeness (QED) is 0.828. The Hall–Kier alpha value is -1.86. The average molecular weight is 273 g/mol. The lowest BCUT2D eigenvalue weighted by Crippen LogP contribution is -2.35. The van der Waals surface area contributed by atoms with E-state index in [0.717, 1.165) is 12.0 Å². The molecule has 0 spiro atoms. The van der Waals surface area contributed by atoms with E-state index in [9.17, 15) is 4.79 Å². The van der Waals surface area contributed by atoms with Gasteiger partial charge in [-0.05, 0) is 36.6 Å². The summed E-state index contributed by atoms with van der Waals surface area (Å²) in [4.78, 5) is 14.2. The third-order valence-corrected chi connectivity index (χ3v) is 3.00. The Labute approximate surface area is 121 Å². The Morgan fingerprint density at radius 1 is 1.35 bits per heavy atom. The fourth-order valence-corrected chi connectivity index (χ4v) is 2.06. The molecule has 1 rings (SSSR count). The molecule has 0 atom stereocenters. The first kappa shape index (κ1) is 16.2. The van der Waals surface area contributed by atoms with E-state index in [-0.39, 0.29) is 5.91 Å². The lowest BCUT2D eigenvalue weighted by Gasteiger charge is -2.23. The van der Waals surface area contributed by atoms with Crippen LogP contribution in [-0.2, 0) is 6.42 Å². The van der Waals surface area contributed by atoms with Gasteiger partial charge in [-0.3, -0.25) is 4.79 Å². The second-order valence-electron chi connectivity index (χ2n) is 5.29. The summed E-state index contributed by atoms with van der Waals surface area (Å²) in [5, 5.41) is 8.70. The third kappa shape index (κ3) is 5.02. The smallest absolute Gasteiger partial charge is 0.253 e. The second-order valence-corrected chi connectivity index (χ2v) is 5.29. The average Bonchev–Trinajstić information content (AvgIpc) is 2.43. The van der Waals surface area contributed by atoms with Crippen molar-refractivity contribution in [1.29, 1.82) is 5.26 Å². The molecule has 4 nitrogen and oxygen atoms in total. The number of carbonyl (C=O) groups excluding carboxylic acids is 1. The number of benzene rings is 1. The molecule has 4 heteroatoms. The lowest BCUT2D eigenvalue weighted by molar-refractivity contribution is 0.0740. The van der Waals surface area contributed by atoms with Gasteiger partial charge in [0.15, 0.2) is 0 Å². The number of nitriles is 1. The van der Waals surface area contributed by atoms with Crippen molar-refractivity contribution in [1.82, 2.24) is 4.90 Å². The zero-order valence-corrected chi connectivity index (χ0v) is 12.3. The Morgan fingerprint density at radius 3 is 2.50 bits per heavy atom. The summed E-state index contributed by atoms with van der Waals surface area (Å²) in [6, 6.07) is 9.66. The van der Waals surface area contributed by atoms with Crippen LogP contribution in [0.4, 0.5) is 0 Å². The minimum absolute atomic E-state index is 0.00625. The van der Waals surface area contributed by atoms with Crippen LogP contribution in [-0.4, -0.2) is 30.4 Å². The Morgan fingerprint density at radius 2 is 2.00 bits per heavy atom. The summed E-state index contributed by atoms with van der Waals surface area (Å²) >= 11 is 0. The summed E-state index contributed by atoms with van der Waals surface area (Å²) in [6.07, 6.45) is 1.18. The zero-order valence-electron chi connectivity index (χ0n) is 12.3. The van der Waals surface area contributed by atoms with E-state index < -0.39 is 0 Å². The first-order valence-electron chi connectivity index (χ1n) is 7.03.